The molecule has 1 atom stereocenters. The lowest BCUT2D eigenvalue weighted by Crippen LogP contribution is -2.52. The predicted octanol–water partition coefficient (Wildman–Crippen LogP) is 2.23. The average molecular weight is 444 g/mol. The Morgan fingerprint density at radius 2 is 1.81 bits per heavy atom. The van der Waals surface area contributed by atoms with Crippen molar-refractivity contribution in [2.24, 2.45) is 0 Å². The second-order valence-corrected chi connectivity index (χ2v) is 7.75. The van der Waals surface area contributed by atoms with Crippen LogP contribution in [0.2, 0.25) is 5.02 Å². The van der Waals surface area contributed by atoms with Crippen LogP contribution in [0.1, 0.15) is 35.6 Å². The molecule has 0 N–H and O–H groups in total. The number of amides is 2. The summed E-state index contributed by atoms with van der Waals surface area (Å²) in [6, 6.07) is 8.16. The van der Waals surface area contributed by atoms with Crippen LogP contribution >= 0.6 is 11.6 Å². The molecule has 0 spiro atoms. The van der Waals surface area contributed by atoms with Gasteiger partial charge in [0.05, 0.1) is 5.69 Å². The third-order valence-corrected chi connectivity index (χ3v) is 5.45. The highest BCUT2D eigenvalue weighted by atomic mass is 35.5. The van der Waals surface area contributed by atoms with Crippen LogP contribution < -0.4 is 0 Å². The molecular formula is C20H22ClN7O3. The number of rotatable bonds is 5. The van der Waals surface area contributed by atoms with Gasteiger partial charge < -0.3 is 14.3 Å². The summed E-state index contributed by atoms with van der Waals surface area (Å²) in [4.78, 5) is 30.4. The van der Waals surface area contributed by atoms with Gasteiger partial charge in [-0.3, -0.25) is 9.59 Å². The molecule has 1 aliphatic rings. The Hall–Kier alpha value is -3.27. The number of tetrazole rings is 1. The first-order chi connectivity index (χ1) is 15.0. The number of nitrogens with zero attached hydrogens (tertiary/aromatic N) is 7. The molecule has 0 aliphatic carbocycles. The maximum absolute atomic E-state index is 13.1. The standard InChI is InChI=1S/C20H22ClN7O3/c1-3-16(28-23-18(22-25-28)14-4-6-15(21)7-5-14)19(29)26-8-10-27(11-9-26)20(30)17-12-13(2)24-31-17/h4-7,12,16H,3,8-11H2,1-2H3. The second-order valence-electron chi connectivity index (χ2n) is 7.31. The molecule has 1 unspecified atom stereocenters. The molecule has 0 saturated carbocycles. The van der Waals surface area contributed by atoms with Crippen LogP contribution in [-0.2, 0) is 4.79 Å². The molecule has 1 aliphatic heterocycles. The summed E-state index contributed by atoms with van der Waals surface area (Å²) in [6.45, 7) is 5.35. The van der Waals surface area contributed by atoms with Gasteiger partial charge in [-0.25, -0.2) is 0 Å². The lowest BCUT2D eigenvalue weighted by atomic mass is 10.2. The van der Waals surface area contributed by atoms with Crippen molar-refractivity contribution in [3.8, 4) is 11.4 Å². The molecule has 3 heterocycles. The first-order valence-corrected chi connectivity index (χ1v) is 10.4. The summed E-state index contributed by atoms with van der Waals surface area (Å²) in [5, 5.41) is 17.0. The topological polar surface area (TPSA) is 110 Å². The Bertz CT molecular complexity index is 1070. The van der Waals surface area contributed by atoms with Crippen molar-refractivity contribution < 1.29 is 14.1 Å². The number of hydrogen-bond acceptors (Lipinski definition) is 7. The quantitative estimate of drug-likeness (QED) is 0.594. The Morgan fingerprint density at radius 1 is 1.13 bits per heavy atom. The van der Waals surface area contributed by atoms with Crippen LogP contribution in [0.4, 0.5) is 0 Å². The molecule has 11 heteroatoms. The third kappa shape index (κ3) is 4.43. The minimum Gasteiger partial charge on any atom is -0.351 e. The molecule has 0 bridgehead atoms. The highest BCUT2D eigenvalue weighted by molar-refractivity contribution is 6.30. The number of carbonyl (C=O) groups is 2. The zero-order valence-electron chi connectivity index (χ0n) is 17.2. The zero-order valence-corrected chi connectivity index (χ0v) is 18.0. The van der Waals surface area contributed by atoms with E-state index in [-0.39, 0.29) is 17.6 Å². The SMILES string of the molecule is CCC(C(=O)N1CCN(C(=O)c2cc(C)no2)CC1)n1nnc(-c2ccc(Cl)cc2)n1. The fraction of sp³-hybridized carbons (Fsp3) is 0.400. The fourth-order valence-corrected chi connectivity index (χ4v) is 3.60. The monoisotopic (exact) mass is 443 g/mol. The van der Waals surface area contributed by atoms with Gasteiger partial charge in [0.25, 0.3) is 5.91 Å². The minimum absolute atomic E-state index is 0.0924. The molecule has 1 saturated heterocycles. The Kier molecular flexibility index (Phi) is 5.99. The van der Waals surface area contributed by atoms with Crippen LogP contribution in [0.3, 0.4) is 0 Å². The number of hydrogen-bond donors (Lipinski definition) is 0. The summed E-state index contributed by atoms with van der Waals surface area (Å²) < 4.78 is 5.06. The van der Waals surface area contributed by atoms with Gasteiger partial charge in [-0.2, -0.15) is 4.80 Å². The van der Waals surface area contributed by atoms with Gasteiger partial charge in [0.2, 0.25) is 17.5 Å². The number of aromatic nitrogens is 5. The van der Waals surface area contributed by atoms with E-state index in [0.29, 0.717) is 49.1 Å². The van der Waals surface area contributed by atoms with Crippen LogP contribution in [0, 0.1) is 6.92 Å². The molecule has 0 radical (unpaired) electrons. The second kappa shape index (κ2) is 8.84. The normalized spacial score (nSPS) is 15.2. The van der Waals surface area contributed by atoms with E-state index in [9.17, 15) is 9.59 Å². The van der Waals surface area contributed by atoms with Crippen LogP contribution in [-0.4, -0.2) is 73.2 Å². The van der Waals surface area contributed by atoms with Gasteiger partial charge in [0, 0.05) is 42.8 Å². The van der Waals surface area contributed by atoms with E-state index in [1.54, 1.807) is 47.1 Å². The number of aryl methyl sites for hydroxylation is 1. The van der Waals surface area contributed by atoms with E-state index >= 15 is 0 Å². The van der Waals surface area contributed by atoms with Crippen molar-refractivity contribution in [1.29, 1.82) is 0 Å². The maximum atomic E-state index is 13.1. The van der Waals surface area contributed by atoms with E-state index in [1.807, 2.05) is 6.92 Å². The lowest BCUT2D eigenvalue weighted by Gasteiger charge is -2.35. The minimum atomic E-state index is -0.562. The number of piperazine rings is 1. The van der Waals surface area contributed by atoms with Crippen molar-refractivity contribution in [3.63, 3.8) is 0 Å². The fourth-order valence-electron chi connectivity index (χ4n) is 3.47. The van der Waals surface area contributed by atoms with E-state index in [0.717, 1.165) is 5.56 Å². The highest BCUT2D eigenvalue weighted by Gasteiger charge is 2.31. The number of halogens is 1. The first-order valence-electron chi connectivity index (χ1n) is 10.0. The summed E-state index contributed by atoms with van der Waals surface area (Å²) in [5.74, 6) is 0.335. The molecule has 1 aromatic carbocycles. The summed E-state index contributed by atoms with van der Waals surface area (Å²) in [5.41, 5.74) is 1.42. The van der Waals surface area contributed by atoms with Gasteiger partial charge in [0.15, 0.2) is 6.04 Å². The molecule has 31 heavy (non-hydrogen) atoms. The van der Waals surface area contributed by atoms with E-state index in [1.165, 1.54) is 4.80 Å². The van der Waals surface area contributed by atoms with Crippen molar-refractivity contribution in [3.05, 3.63) is 46.8 Å². The Balaban J connectivity index is 1.40. The average Bonchev–Trinajstić information content (AvgIpc) is 3.44. The molecule has 10 nitrogen and oxygen atoms in total. The summed E-state index contributed by atoms with van der Waals surface area (Å²) >= 11 is 5.93. The highest BCUT2D eigenvalue weighted by Crippen LogP contribution is 2.20. The Morgan fingerprint density at radius 3 is 2.42 bits per heavy atom. The number of carbonyl (C=O) groups excluding carboxylic acids is 2. The van der Waals surface area contributed by atoms with Crippen LogP contribution in [0.5, 0.6) is 0 Å². The third-order valence-electron chi connectivity index (χ3n) is 5.20. The van der Waals surface area contributed by atoms with Crippen molar-refractivity contribution in [2.45, 2.75) is 26.3 Å². The van der Waals surface area contributed by atoms with Gasteiger partial charge in [-0.05, 0) is 42.8 Å². The molecule has 162 valence electrons. The Labute approximate surface area is 183 Å². The first kappa shape index (κ1) is 21.0. The van der Waals surface area contributed by atoms with Gasteiger partial charge in [0.1, 0.15) is 0 Å². The molecule has 4 rings (SSSR count). The maximum Gasteiger partial charge on any atom is 0.292 e. The lowest BCUT2D eigenvalue weighted by molar-refractivity contribution is -0.137. The van der Waals surface area contributed by atoms with Gasteiger partial charge in [-0.15, -0.1) is 10.2 Å². The summed E-state index contributed by atoms with van der Waals surface area (Å²) in [6.07, 6.45) is 0.520. The van der Waals surface area contributed by atoms with E-state index in [4.69, 9.17) is 16.1 Å². The van der Waals surface area contributed by atoms with Crippen molar-refractivity contribution in [2.75, 3.05) is 26.2 Å². The van der Waals surface area contributed by atoms with Crippen molar-refractivity contribution >= 4 is 23.4 Å². The van der Waals surface area contributed by atoms with Gasteiger partial charge >= 0.3 is 0 Å². The van der Waals surface area contributed by atoms with Crippen LogP contribution in [0.15, 0.2) is 34.9 Å². The van der Waals surface area contributed by atoms with E-state index in [2.05, 4.69) is 20.6 Å². The molecule has 2 aromatic heterocycles. The zero-order chi connectivity index (χ0) is 22.0. The van der Waals surface area contributed by atoms with Gasteiger partial charge in [-0.1, -0.05) is 23.7 Å². The molecule has 1 fully saturated rings. The summed E-state index contributed by atoms with van der Waals surface area (Å²) in [7, 11) is 0. The predicted molar refractivity (Wildman–Crippen MR) is 111 cm³/mol. The molecular weight excluding hydrogens is 422 g/mol. The van der Waals surface area contributed by atoms with E-state index < -0.39 is 6.04 Å². The number of benzene rings is 1. The molecule has 3 aromatic rings. The van der Waals surface area contributed by atoms with Crippen LogP contribution in [0.25, 0.3) is 11.4 Å². The molecule has 2 amide bonds. The van der Waals surface area contributed by atoms with Crippen molar-refractivity contribution in [1.82, 2.24) is 35.2 Å². The smallest absolute Gasteiger partial charge is 0.292 e. The largest absolute Gasteiger partial charge is 0.351 e.